The third kappa shape index (κ3) is 4.63. The smallest absolute Gasteiger partial charge is 0.185 e. The molecule has 4 heteroatoms. The molecule has 4 nitrogen and oxygen atoms in total. The second kappa shape index (κ2) is 7.43. The van der Waals surface area contributed by atoms with Crippen molar-refractivity contribution in [1.82, 2.24) is 0 Å². The summed E-state index contributed by atoms with van der Waals surface area (Å²) in [7, 11) is 0. The molecule has 2 rings (SSSR count). The molecule has 2 N–H and O–H groups in total. The number of benzene rings is 2. The Balaban J connectivity index is 2.38. The van der Waals surface area contributed by atoms with Crippen LogP contribution in [0.15, 0.2) is 42.5 Å². The Labute approximate surface area is 148 Å². The number of aromatic hydroxyl groups is 2. The summed E-state index contributed by atoms with van der Waals surface area (Å²) in [6.07, 6.45) is 3.16. The van der Waals surface area contributed by atoms with Crippen molar-refractivity contribution >= 4 is 11.9 Å². The molecule has 25 heavy (non-hydrogen) atoms. The van der Waals surface area contributed by atoms with Crippen LogP contribution in [0.2, 0.25) is 0 Å². The summed E-state index contributed by atoms with van der Waals surface area (Å²) < 4.78 is 5.58. The average molecular weight is 340 g/mol. The number of ketones is 1. The summed E-state index contributed by atoms with van der Waals surface area (Å²) in [6, 6.07) is 9.54. The summed E-state index contributed by atoms with van der Waals surface area (Å²) in [4.78, 5) is 12.3. The predicted octanol–water partition coefficient (Wildman–Crippen LogP) is 4.69. The van der Waals surface area contributed by atoms with Gasteiger partial charge in [0.05, 0.1) is 6.61 Å². The number of carbonyl (C=O) groups is 1. The first-order chi connectivity index (χ1) is 11.7. The van der Waals surface area contributed by atoms with E-state index in [1.54, 1.807) is 24.3 Å². The minimum absolute atomic E-state index is 0.118. The highest BCUT2D eigenvalue weighted by Crippen LogP contribution is 2.36. The number of allylic oxidation sites excluding steroid dienone is 1. The molecule has 0 aliphatic carbocycles. The third-order valence-electron chi connectivity index (χ3n) is 3.80. The van der Waals surface area contributed by atoms with Crippen molar-refractivity contribution in [2.45, 2.75) is 33.1 Å². The zero-order valence-corrected chi connectivity index (χ0v) is 15.0. The van der Waals surface area contributed by atoms with Crippen molar-refractivity contribution in [2.75, 3.05) is 6.61 Å². The number of hydrogen-bond donors (Lipinski definition) is 2. The lowest BCUT2D eigenvalue weighted by Crippen LogP contribution is -2.12. The van der Waals surface area contributed by atoms with E-state index in [2.05, 4.69) is 0 Å². The zero-order valence-electron chi connectivity index (χ0n) is 15.0. The van der Waals surface area contributed by atoms with Gasteiger partial charge in [0, 0.05) is 22.8 Å². The quantitative estimate of drug-likeness (QED) is 0.612. The molecule has 0 spiro atoms. The fourth-order valence-corrected chi connectivity index (χ4v) is 2.48. The molecule has 0 saturated carbocycles. The van der Waals surface area contributed by atoms with E-state index in [1.807, 2.05) is 33.8 Å². The van der Waals surface area contributed by atoms with Gasteiger partial charge in [-0.2, -0.15) is 0 Å². The highest BCUT2D eigenvalue weighted by molar-refractivity contribution is 6.07. The SMILES string of the molecule is CCOc1cc(O)c(C(C)(C)C)cc1C=CC(=O)c1ccc(O)cc1. The maximum Gasteiger partial charge on any atom is 0.185 e. The van der Waals surface area contributed by atoms with Crippen LogP contribution in [0.3, 0.4) is 0 Å². The van der Waals surface area contributed by atoms with Gasteiger partial charge < -0.3 is 14.9 Å². The van der Waals surface area contributed by atoms with Crippen LogP contribution in [0.25, 0.3) is 6.08 Å². The molecule has 2 aromatic rings. The van der Waals surface area contributed by atoms with Gasteiger partial charge in [0.2, 0.25) is 0 Å². The van der Waals surface area contributed by atoms with Crippen LogP contribution in [-0.2, 0) is 5.41 Å². The molecule has 0 fully saturated rings. The van der Waals surface area contributed by atoms with Gasteiger partial charge in [0.15, 0.2) is 5.78 Å². The van der Waals surface area contributed by atoms with E-state index in [-0.39, 0.29) is 22.7 Å². The third-order valence-corrected chi connectivity index (χ3v) is 3.80. The summed E-state index contributed by atoms with van der Waals surface area (Å²) in [6.45, 7) is 8.36. The largest absolute Gasteiger partial charge is 0.508 e. The van der Waals surface area contributed by atoms with Gasteiger partial charge in [-0.15, -0.1) is 0 Å². The lowest BCUT2D eigenvalue weighted by Gasteiger charge is -2.22. The molecule has 0 heterocycles. The number of phenolic OH excluding ortho intramolecular Hbond substituents is 2. The molecule has 2 aromatic carbocycles. The van der Waals surface area contributed by atoms with Gasteiger partial charge in [-0.3, -0.25) is 4.79 Å². The van der Waals surface area contributed by atoms with Crippen molar-refractivity contribution in [3.8, 4) is 17.2 Å². The fraction of sp³-hybridized carbons (Fsp3) is 0.286. The van der Waals surface area contributed by atoms with Crippen LogP contribution in [0.4, 0.5) is 0 Å². The Bertz CT molecular complexity index is 781. The summed E-state index contributed by atoms with van der Waals surface area (Å²) >= 11 is 0. The number of hydrogen-bond acceptors (Lipinski definition) is 4. The van der Waals surface area contributed by atoms with Gasteiger partial charge >= 0.3 is 0 Å². The van der Waals surface area contributed by atoms with Gasteiger partial charge in [0.1, 0.15) is 17.2 Å². The highest BCUT2D eigenvalue weighted by atomic mass is 16.5. The lowest BCUT2D eigenvalue weighted by atomic mass is 9.85. The molecule has 0 radical (unpaired) electrons. The van der Waals surface area contributed by atoms with E-state index in [9.17, 15) is 15.0 Å². The minimum atomic E-state index is -0.238. The highest BCUT2D eigenvalue weighted by Gasteiger charge is 2.20. The van der Waals surface area contributed by atoms with E-state index in [0.29, 0.717) is 17.9 Å². The van der Waals surface area contributed by atoms with Crippen molar-refractivity contribution in [2.24, 2.45) is 0 Å². The molecule has 0 saturated heterocycles. The van der Waals surface area contributed by atoms with Gasteiger partial charge in [-0.05, 0) is 54.8 Å². The summed E-state index contributed by atoms with van der Waals surface area (Å²) in [5.41, 5.74) is 1.77. The van der Waals surface area contributed by atoms with Crippen molar-refractivity contribution in [3.05, 3.63) is 59.2 Å². The first-order valence-electron chi connectivity index (χ1n) is 8.24. The normalized spacial score (nSPS) is 11.7. The van der Waals surface area contributed by atoms with Crippen LogP contribution in [0.1, 0.15) is 49.2 Å². The van der Waals surface area contributed by atoms with Crippen LogP contribution in [0.5, 0.6) is 17.2 Å². The molecule has 0 aliphatic heterocycles. The summed E-state index contributed by atoms with van der Waals surface area (Å²) in [5, 5.41) is 19.6. The number of carbonyl (C=O) groups excluding carboxylic acids is 1. The molecule has 0 bridgehead atoms. The molecular weight excluding hydrogens is 316 g/mol. The minimum Gasteiger partial charge on any atom is -0.508 e. The Kier molecular flexibility index (Phi) is 5.52. The Morgan fingerprint density at radius 1 is 1.12 bits per heavy atom. The number of phenols is 2. The first-order valence-corrected chi connectivity index (χ1v) is 8.24. The molecule has 132 valence electrons. The van der Waals surface area contributed by atoms with Crippen molar-refractivity contribution < 1.29 is 19.7 Å². The molecule has 0 amide bonds. The Morgan fingerprint density at radius 2 is 1.76 bits per heavy atom. The average Bonchev–Trinajstić information content (AvgIpc) is 2.53. The molecule has 0 aromatic heterocycles. The fourth-order valence-electron chi connectivity index (χ4n) is 2.48. The number of ether oxygens (including phenoxy) is 1. The molecule has 0 aliphatic rings. The van der Waals surface area contributed by atoms with Gasteiger partial charge in [-0.1, -0.05) is 20.8 Å². The van der Waals surface area contributed by atoms with Gasteiger partial charge in [0.25, 0.3) is 0 Å². The molecule has 0 atom stereocenters. The predicted molar refractivity (Wildman–Crippen MR) is 99.4 cm³/mol. The maximum absolute atomic E-state index is 12.3. The lowest BCUT2D eigenvalue weighted by molar-refractivity contribution is 0.104. The summed E-state index contributed by atoms with van der Waals surface area (Å²) in [5.74, 6) is 0.654. The van der Waals surface area contributed by atoms with E-state index < -0.39 is 0 Å². The van der Waals surface area contributed by atoms with Crippen LogP contribution in [0, 0.1) is 0 Å². The van der Waals surface area contributed by atoms with Crippen LogP contribution >= 0.6 is 0 Å². The van der Waals surface area contributed by atoms with E-state index in [0.717, 1.165) is 11.1 Å². The number of rotatable bonds is 5. The van der Waals surface area contributed by atoms with Crippen molar-refractivity contribution in [3.63, 3.8) is 0 Å². The van der Waals surface area contributed by atoms with E-state index >= 15 is 0 Å². The van der Waals surface area contributed by atoms with E-state index in [4.69, 9.17) is 4.74 Å². The zero-order chi connectivity index (χ0) is 18.6. The standard InChI is InChI=1S/C21H24O4/c1-5-25-20-13-19(24)17(21(2,3)4)12-15(20)8-11-18(23)14-6-9-16(22)10-7-14/h6-13,22,24H,5H2,1-4H3. The van der Waals surface area contributed by atoms with E-state index in [1.165, 1.54) is 18.2 Å². The monoisotopic (exact) mass is 340 g/mol. The molecule has 0 unspecified atom stereocenters. The topological polar surface area (TPSA) is 66.8 Å². The maximum atomic E-state index is 12.3. The molecular formula is C21H24O4. The van der Waals surface area contributed by atoms with Gasteiger partial charge in [-0.25, -0.2) is 0 Å². The Morgan fingerprint density at radius 3 is 2.32 bits per heavy atom. The second-order valence-corrected chi connectivity index (χ2v) is 6.83. The van der Waals surface area contributed by atoms with Crippen LogP contribution < -0.4 is 4.74 Å². The Hall–Kier alpha value is -2.75. The second-order valence-electron chi connectivity index (χ2n) is 6.83. The van der Waals surface area contributed by atoms with Crippen molar-refractivity contribution in [1.29, 1.82) is 0 Å². The van der Waals surface area contributed by atoms with Crippen LogP contribution in [-0.4, -0.2) is 22.6 Å². The first kappa shape index (κ1) is 18.6.